The molecule has 1 aromatic heterocycles. The minimum atomic E-state index is -3.15. The van der Waals surface area contributed by atoms with Crippen LogP contribution in [0.4, 0.5) is 0 Å². The van der Waals surface area contributed by atoms with Crippen LogP contribution in [-0.2, 0) is 15.6 Å². The van der Waals surface area contributed by atoms with E-state index in [4.69, 9.17) is 4.52 Å². The van der Waals surface area contributed by atoms with Crippen LogP contribution in [0.3, 0.4) is 0 Å². The Morgan fingerprint density at radius 1 is 1.62 bits per heavy atom. The molecular weight excluding hydrogens is 234 g/mol. The summed E-state index contributed by atoms with van der Waals surface area (Å²) in [4.78, 5) is 3.98. The molecule has 0 aromatic carbocycles. The number of hydrogen-bond acceptors (Lipinski definition) is 7. The SMILES string of the molecule is CS(=O)(=O)Cc1noc(C2CC(O)CN2)n1. The van der Waals surface area contributed by atoms with Gasteiger partial charge in [-0.2, -0.15) is 4.98 Å². The maximum Gasteiger partial charge on any atom is 0.243 e. The van der Waals surface area contributed by atoms with Gasteiger partial charge in [-0.15, -0.1) is 0 Å². The maximum atomic E-state index is 11.0. The predicted molar refractivity (Wildman–Crippen MR) is 54.2 cm³/mol. The molecule has 0 radical (unpaired) electrons. The molecule has 0 saturated carbocycles. The van der Waals surface area contributed by atoms with Crippen LogP contribution in [0.1, 0.15) is 24.2 Å². The smallest absolute Gasteiger partial charge is 0.243 e. The summed E-state index contributed by atoms with van der Waals surface area (Å²) >= 11 is 0. The van der Waals surface area contributed by atoms with E-state index in [1.54, 1.807) is 0 Å². The van der Waals surface area contributed by atoms with Crippen LogP contribution < -0.4 is 5.32 Å². The molecule has 0 spiro atoms. The molecule has 0 aliphatic carbocycles. The fourth-order valence-electron chi connectivity index (χ4n) is 1.61. The van der Waals surface area contributed by atoms with Gasteiger partial charge in [0.1, 0.15) is 5.75 Å². The van der Waals surface area contributed by atoms with Crippen molar-refractivity contribution in [3.63, 3.8) is 0 Å². The monoisotopic (exact) mass is 247 g/mol. The number of hydrogen-bond donors (Lipinski definition) is 2. The topological polar surface area (TPSA) is 105 Å². The first kappa shape index (κ1) is 11.5. The number of aliphatic hydroxyl groups excluding tert-OH is 1. The molecule has 1 aliphatic rings. The van der Waals surface area contributed by atoms with Crippen molar-refractivity contribution in [3.8, 4) is 0 Å². The van der Waals surface area contributed by atoms with Crippen LogP contribution in [0.5, 0.6) is 0 Å². The molecule has 2 N–H and O–H groups in total. The first-order chi connectivity index (χ1) is 7.44. The number of sulfone groups is 1. The highest BCUT2D eigenvalue weighted by Gasteiger charge is 2.28. The van der Waals surface area contributed by atoms with E-state index in [1.165, 1.54) is 0 Å². The normalized spacial score (nSPS) is 26.1. The minimum absolute atomic E-state index is 0.153. The molecule has 2 heterocycles. The van der Waals surface area contributed by atoms with E-state index >= 15 is 0 Å². The van der Waals surface area contributed by atoms with E-state index in [0.29, 0.717) is 18.9 Å². The summed E-state index contributed by atoms with van der Waals surface area (Å²) in [5.74, 6) is 0.252. The van der Waals surface area contributed by atoms with E-state index in [-0.39, 0.29) is 17.6 Å². The molecule has 1 fully saturated rings. The van der Waals surface area contributed by atoms with Crippen LogP contribution in [0, 0.1) is 0 Å². The third-order valence-electron chi connectivity index (χ3n) is 2.28. The molecule has 2 rings (SSSR count). The number of aromatic nitrogens is 2. The van der Waals surface area contributed by atoms with Crippen molar-refractivity contribution in [1.82, 2.24) is 15.5 Å². The zero-order valence-corrected chi connectivity index (χ0v) is 9.57. The third-order valence-corrected chi connectivity index (χ3v) is 3.06. The quantitative estimate of drug-likeness (QED) is 0.706. The second-order valence-corrected chi connectivity index (χ2v) is 6.11. The highest BCUT2D eigenvalue weighted by Crippen LogP contribution is 2.21. The van der Waals surface area contributed by atoms with Crippen molar-refractivity contribution in [2.24, 2.45) is 0 Å². The minimum Gasteiger partial charge on any atom is -0.392 e. The predicted octanol–water partition coefficient (Wildman–Crippen LogP) is -0.990. The first-order valence-corrected chi connectivity index (χ1v) is 6.92. The number of aliphatic hydroxyl groups is 1. The van der Waals surface area contributed by atoms with Crippen molar-refractivity contribution in [1.29, 1.82) is 0 Å². The van der Waals surface area contributed by atoms with Gasteiger partial charge < -0.3 is 14.9 Å². The Labute approximate surface area is 92.8 Å². The van der Waals surface area contributed by atoms with E-state index in [9.17, 15) is 13.5 Å². The Morgan fingerprint density at radius 3 is 2.94 bits per heavy atom. The summed E-state index contributed by atoms with van der Waals surface area (Å²) in [7, 11) is -3.15. The van der Waals surface area contributed by atoms with Gasteiger partial charge in [-0.3, -0.25) is 0 Å². The fourth-order valence-corrected chi connectivity index (χ4v) is 2.19. The number of nitrogens with one attached hydrogen (secondary N) is 1. The number of rotatable bonds is 3. The number of nitrogens with zero attached hydrogens (tertiary/aromatic N) is 2. The van der Waals surface area contributed by atoms with Crippen molar-refractivity contribution in [2.75, 3.05) is 12.8 Å². The van der Waals surface area contributed by atoms with Crippen molar-refractivity contribution in [3.05, 3.63) is 11.7 Å². The Kier molecular flexibility index (Phi) is 2.96. The summed E-state index contributed by atoms with van der Waals surface area (Å²) in [6.45, 7) is 0.481. The lowest BCUT2D eigenvalue weighted by molar-refractivity contribution is 0.191. The third kappa shape index (κ3) is 2.77. The van der Waals surface area contributed by atoms with Gasteiger partial charge in [0, 0.05) is 12.8 Å². The van der Waals surface area contributed by atoms with Crippen LogP contribution in [0.25, 0.3) is 0 Å². The zero-order valence-electron chi connectivity index (χ0n) is 8.75. The van der Waals surface area contributed by atoms with E-state index in [1.807, 2.05) is 0 Å². The molecule has 0 bridgehead atoms. The lowest BCUT2D eigenvalue weighted by atomic mass is 10.2. The summed E-state index contributed by atoms with van der Waals surface area (Å²) in [5.41, 5.74) is 0. The molecule has 16 heavy (non-hydrogen) atoms. The van der Waals surface area contributed by atoms with E-state index in [2.05, 4.69) is 15.5 Å². The molecule has 2 atom stereocenters. The van der Waals surface area contributed by atoms with Gasteiger partial charge in [-0.1, -0.05) is 5.16 Å². The highest BCUT2D eigenvalue weighted by molar-refractivity contribution is 7.89. The van der Waals surface area contributed by atoms with Gasteiger partial charge in [-0.05, 0) is 6.42 Å². The Bertz CT molecular complexity index is 469. The van der Waals surface area contributed by atoms with Crippen molar-refractivity contribution < 1.29 is 18.0 Å². The van der Waals surface area contributed by atoms with Gasteiger partial charge in [-0.25, -0.2) is 8.42 Å². The summed E-state index contributed by atoms with van der Waals surface area (Å²) in [5, 5.41) is 15.9. The molecule has 8 heteroatoms. The summed E-state index contributed by atoms with van der Waals surface area (Å²) in [6, 6.07) is -0.184. The molecule has 1 aliphatic heterocycles. The van der Waals surface area contributed by atoms with Gasteiger partial charge in [0.25, 0.3) is 0 Å². The summed E-state index contributed by atoms with van der Waals surface area (Å²) in [6.07, 6.45) is 1.19. The van der Waals surface area contributed by atoms with Crippen LogP contribution in [0.2, 0.25) is 0 Å². The van der Waals surface area contributed by atoms with E-state index < -0.39 is 15.9 Å². The zero-order chi connectivity index (χ0) is 11.8. The lowest BCUT2D eigenvalue weighted by Gasteiger charge is -2.01. The van der Waals surface area contributed by atoms with Gasteiger partial charge >= 0.3 is 0 Å². The Balaban J connectivity index is 2.08. The van der Waals surface area contributed by atoms with Gasteiger partial charge in [0.15, 0.2) is 15.7 Å². The average Bonchev–Trinajstić information content (AvgIpc) is 2.71. The molecular formula is C8H13N3O4S. The largest absolute Gasteiger partial charge is 0.392 e. The Hall–Kier alpha value is -0.990. The molecule has 1 aromatic rings. The van der Waals surface area contributed by atoms with Crippen LogP contribution in [-0.4, -0.2) is 42.6 Å². The molecule has 2 unspecified atom stereocenters. The molecule has 90 valence electrons. The van der Waals surface area contributed by atoms with E-state index in [0.717, 1.165) is 6.26 Å². The van der Waals surface area contributed by atoms with Gasteiger partial charge in [0.2, 0.25) is 5.89 Å². The van der Waals surface area contributed by atoms with Crippen LogP contribution >= 0.6 is 0 Å². The molecule has 7 nitrogen and oxygen atoms in total. The number of β-amino-alcohol motifs (C(OH)–C–C–N with tert-alkyl or cyclic N) is 1. The van der Waals surface area contributed by atoms with Crippen molar-refractivity contribution >= 4 is 9.84 Å². The second kappa shape index (κ2) is 4.11. The molecule has 1 saturated heterocycles. The highest BCUT2D eigenvalue weighted by atomic mass is 32.2. The second-order valence-electron chi connectivity index (χ2n) is 3.97. The first-order valence-electron chi connectivity index (χ1n) is 4.86. The van der Waals surface area contributed by atoms with Crippen molar-refractivity contribution in [2.45, 2.75) is 24.3 Å². The molecule has 0 amide bonds. The lowest BCUT2D eigenvalue weighted by Crippen LogP contribution is -2.15. The Morgan fingerprint density at radius 2 is 2.38 bits per heavy atom. The average molecular weight is 247 g/mol. The standard InChI is InChI=1S/C8H13N3O4S/c1-16(13,14)4-7-10-8(15-11-7)6-2-5(12)3-9-6/h5-6,9,12H,2-4H2,1H3. The van der Waals surface area contributed by atoms with Crippen LogP contribution in [0.15, 0.2) is 4.52 Å². The maximum absolute atomic E-state index is 11.0. The fraction of sp³-hybridized carbons (Fsp3) is 0.750. The summed E-state index contributed by atoms with van der Waals surface area (Å²) < 4.78 is 27.0. The van der Waals surface area contributed by atoms with Gasteiger partial charge in [0.05, 0.1) is 12.1 Å².